The van der Waals surface area contributed by atoms with Crippen LogP contribution in [0.25, 0.3) is 0 Å². The molecule has 1 aliphatic rings. The van der Waals surface area contributed by atoms with E-state index < -0.39 is 42.0 Å². The molecule has 0 unspecified atom stereocenters. The van der Waals surface area contributed by atoms with Gasteiger partial charge in [-0.1, -0.05) is 12.1 Å². The van der Waals surface area contributed by atoms with Crippen LogP contribution in [0.4, 0.5) is 26.3 Å². The largest absolute Gasteiger partial charge is 0.419 e. The zero-order valence-electron chi connectivity index (χ0n) is 11.6. The van der Waals surface area contributed by atoms with Crippen molar-refractivity contribution in [2.45, 2.75) is 25.1 Å². The first-order valence-corrected chi connectivity index (χ1v) is 6.89. The smallest absolute Gasteiger partial charge is 0.314 e. The number of alkyl halides is 5. The number of hydrogen-bond donors (Lipinski definition) is 1. The van der Waals surface area contributed by atoms with Gasteiger partial charge in [0.2, 0.25) is 6.43 Å². The van der Waals surface area contributed by atoms with Crippen molar-refractivity contribution >= 4 is 0 Å². The molecule has 1 fully saturated rings. The van der Waals surface area contributed by atoms with Gasteiger partial charge < -0.3 is 5.32 Å². The topological polar surface area (TPSA) is 15.3 Å². The minimum atomic E-state index is -4.92. The molecule has 1 N–H and O–H groups in total. The van der Waals surface area contributed by atoms with E-state index in [1.54, 1.807) is 4.90 Å². The van der Waals surface area contributed by atoms with Crippen LogP contribution in [-0.4, -0.2) is 37.5 Å². The summed E-state index contributed by atoms with van der Waals surface area (Å²) in [6, 6.07) is 1.75. The molecular formula is C14H16F6N2. The van der Waals surface area contributed by atoms with E-state index in [0.717, 1.165) is 12.1 Å². The van der Waals surface area contributed by atoms with E-state index in [2.05, 4.69) is 5.32 Å². The molecule has 0 amide bonds. The number of halogens is 6. The minimum absolute atomic E-state index is 0.338. The average molecular weight is 326 g/mol. The Morgan fingerprint density at radius 1 is 1.14 bits per heavy atom. The summed E-state index contributed by atoms with van der Waals surface area (Å²) < 4.78 is 78.7. The number of rotatable bonds is 4. The van der Waals surface area contributed by atoms with Crippen molar-refractivity contribution in [3.8, 4) is 0 Å². The average Bonchev–Trinajstić information content (AvgIpc) is 2.44. The van der Waals surface area contributed by atoms with Gasteiger partial charge in [-0.15, -0.1) is 0 Å². The summed E-state index contributed by atoms with van der Waals surface area (Å²) in [7, 11) is 0. The molecule has 1 aliphatic heterocycles. The van der Waals surface area contributed by atoms with Crippen molar-refractivity contribution in [3.05, 3.63) is 35.1 Å². The third-order valence-corrected chi connectivity index (χ3v) is 3.68. The van der Waals surface area contributed by atoms with E-state index in [0.29, 0.717) is 32.2 Å². The molecule has 124 valence electrons. The second-order valence-corrected chi connectivity index (χ2v) is 5.13. The Kier molecular flexibility index (Phi) is 5.33. The third-order valence-electron chi connectivity index (χ3n) is 3.68. The van der Waals surface area contributed by atoms with Crippen LogP contribution in [0.15, 0.2) is 18.2 Å². The quantitative estimate of drug-likeness (QED) is 0.853. The molecular weight excluding hydrogens is 310 g/mol. The molecule has 1 heterocycles. The van der Waals surface area contributed by atoms with Gasteiger partial charge in [0.1, 0.15) is 5.82 Å². The molecule has 0 aliphatic carbocycles. The first kappa shape index (κ1) is 17.1. The lowest BCUT2D eigenvalue weighted by Crippen LogP contribution is -2.46. The van der Waals surface area contributed by atoms with Crippen molar-refractivity contribution in [2.24, 2.45) is 0 Å². The lowest BCUT2D eigenvalue weighted by Gasteiger charge is -2.36. The lowest BCUT2D eigenvalue weighted by molar-refractivity contribution is -0.141. The van der Waals surface area contributed by atoms with Gasteiger partial charge in [0.15, 0.2) is 0 Å². The van der Waals surface area contributed by atoms with Crippen molar-refractivity contribution in [2.75, 3.05) is 26.2 Å². The van der Waals surface area contributed by atoms with Crippen LogP contribution in [-0.2, 0) is 6.18 Å². The first-order valence-electron chi connectivity index (χ1n) is 6.89. The van der Waals surface area contributed by atoms with Gasteiger partial charge in [-0.2, -0.15) is 13.2 Å². The molecule has 0 radical (unpaired) electrons. The second-order valence-electron chi connectivity index (χ2n) is 5.13. The van der Waals surface area contributed by atoms with E-state index in [-0.39, 0.29) is 0 Å². The van der Waals surface area contributed by atoms with Crippen LogP contribution in [0.2, 0.25) is 0 Å². The van der Waals surface area contributed by atoms with Crippen LogP contribution in [0.3, 0.4) is 0 Å². The Balaban J connectivity index is 2.44. The Morgan fingerprint density at radius 2 is 1.77 bits per heavy atom. The highest BCUT2D eigenvalue weighted by Gasteiger charge is 2.40. The van der Waals surface area contributed by atoms with E-state index in [1.165, 1.54) is 0 Å². The fraction of sp³-hybridized carbons (Fsp3) is 0.571. The lowest BCUT2D eigenvalue weighted by atomic mass is 9.95. The fourth-order valence-corrected chi connectivity index (χ4v) is 2.75. The molecule has 1 aromatic carbocycles. The molecule has 0 bridgehead atoms. The number of piperazine rings is 1. The number of benzene rings is 1. The van der Waals surface area contributed by atoms with Crippen molar-refractivity contribution in [1.82, 2.24) is 10.2 Å². The Morgan fingerprint density at radius 3 is 2.32 bits per heavy atom. The zero-order chi connectivity index (χ0) is 16.3. The molecule has 2 nitrogen and oxygen atoms in total. The van der Waals surface area contributed by atoms with Gasteiger partial charge in [-0.25, -0.2) is 13.2 Å². The van der Waals surface area contributed by atoms with E-state index >= 15 is 0 Å². The van der Waals surface area contributed by atoms with E-state index in [9.17, 15) is 26.3 Å². The Bertz CT molecular complexity index is 497. The molecule has 0 spiro atoms. The Labute approximate surface area is 124 Å². The molecule has 2 rings (SSSR count). The van der Waals surface area contributed by atoms with Gasteiger partial charge in [0.25, 0.3) is 0 Å². The standard InChI is InChI=1S/C14H16F6N2/c15-10-3-1-2-9(13(10)14(18,19)20)11(8-12(16)17)22-6-4-21-5-7-22/h1-3,11-12,21H,4-8H2/t11-/m0/s1. The molecule has 0 aromatic heterocycles. The van der Waals surface area contributed by atoms with Crippen LogP contribution >= 0.6 is 0 Å². The van der Waals surface area contributed by atoms with Crippen molar-refractivity contribution in [1.29, 1.82) is 0 Å². The van der Waals surface area contributed by atoms with Gasteiger partial charge >= 0.3 is 6.18 Å². The Hall–Kier alpha value is -1.28. The minimum Gasteiger partial charge on any atom is -0.314 e. The summed E-state index contributed by atoms with van der Waals surface area (Å²) in [5, 5.41) is 3.01. The number of nitrogens with zero attached hydrogens (tertiary/aromatic N) is 1. The molecule has 22 heavy (non-hydrogen) atoms. The second kappa shape index (κ2) is 6.87. The monoisotopic (exact) mass is 326 g/mol. The predicted molar refractivity (Wildman–Crippen MR) is 69.2 cm³/mol. The normalized spacial score (nSPS) is 18.7. The van der Waals surface area contributed by atoms with Crippen molar-refractivity contribution in [3.63, 3.8) is 0 Å². The maximum atomic E-state index is 13.7. The van der Waals surface area contributed by atoms with Gasteiger partial charge in [0.05, 0.1) is 5.56 Å². The summed E-state index contributed by atoms with van der Waals surface area (Å²) in [5.41, 5.74) is -1.87. The first-order chi connectivity index (χ1) is 10.3. The molecule has 8 heteroatoms. The van der Waals surface area contributed by atoms with Crippen LogP contribution in [0.5, 0.6) is 0 Å². The van der Waals surface area contributed by atoms with E-state index in [1.807, 2.05) is 0 Å². The van der Waals surface area contributed by atoms with Crippen LogP contribution in [0, 0.1) is 5.82 Å². The molecule has 1 saturated heterocycles. The summed E-state index contributed by atoms with van der Waals surface area (Å²) >= 11 is 0. The van der Waals surface area contributed by atoms with E-state index in [4.69, 9.17) is 0 Å². The van der Waals surface area contributed by atoms with Crippen LogP contribution in [0.1, 0.15) is 23.6 Å². The summed E-state index contributed by atoms with van der Waals surface area (Å²) in [5.74, 6) is -1.43. The number of nitrogens with one attached hydrogen (secondary N) is 1. The fourth-order valence-electron chi connectivity index (χ4n) is 2.75. The van der Waals surface area contributed by atoms with Gasteiger partial charge in [0, 0.05) is 38.6 Å². The summed E-state index contributed by atoms with van der Waals surface area (Å²) in [6.07, 6.45) is -8.45. The summed E-state index contributed by atoms with van der Waals surface area (Å²) in [4.78, 5) is 1.55. The van der Waals surface area contributed by atoms with Gasteiger partial charge in [-0.05, 0) is 11.6 Å². The predicted octanol–water partition coefficient (Wildman–Crippen LogP) is 3.45. The highest BCUT2D eigenvalue weighted by molar-refractivity contribution is 5.34. The SMILES string of the molecule is Fc1cccc([C@H](CC(F)F)N2CCNCC2)c1C(F)(F)F. The highest BCUT2D eigenvalue weighted by atomic mass is 19.4. The summed E-state index contributed by atoms with van der Waals surface area (Å²) in [6.45, 7) is 1.67. The zero-order valence-corrected chi connectivity index (χ0v) is 11.6. The van der Waals surface area contributed by atoms with Crippen LogP contribution < -0.4 is 5.32 Å². The maximum Gasteiger partial charge on any atom is 0.419 e. The highest BCUT2D eigenvalue weighted by Crippen LogP contribution is 2.39. The number of hydrogen-bond acceptors (Lipinski definition) is 2. The van der Waals surface area contributed by atoms with Crippen molar-refractivity contribution < 1.29 is 26.3 Å². The van der Waals surface area contributed by atoms with Gasteiger partial charge in [-0.3, -0.25) is 4.90 Å². The molecule has 1 aromatic rings. The molecule has 1 atom stereocenters. The molecule has 0 saturated carbocycles. The maximum absolute atomic E-state index is 13.7. The third kappa shape index (κ3) is 3.92.